The van der Waals surface area contributed by atoms with E-state index in [4.69, 9.17) is 0 Å². The topological polar surface area (TPSA) is 40.7 Å². The maximum absolute atomic E-state index is 4.39. The Bertz CT molecular complexity index is 640. The second-order valence-corrected chi connectivity index (χ2v) is 5.02. The number of nitrogens with one attached hydrogen (secondary N) is 2. The third kappa shape index (κ3) is 2.58. The summed E-state index contributed by atoms with van der Waals surface area (Å²) in [6, 6.07) is 16.9. The van der Waals surface area contributed by atoms with Gasteiger partial charge in [-0.05, 0) is 43.8 Å². The molecule has 3 nitrogen and oxygen atoms in total. The van der Waals surface area contributed by atoms with Gasteiger partial charge in [-0.15, -0.1) is 0 Å². The minimum absolute atomic E-state index is 0.373. The fraction of sp³-hybridized carbons (Fsp3) is 0.235. The minimum Gasteiger partial charge on any atom is -0.343 e. The lowest BCUT2D eigenvalue weighted by Gasteiger charge is -2.16. The molecule has 0 aliphatic rings. The van der Waals surface area contributed by atoms with E-state index < -0.39 is 0 Å². The number of nitrogens with zero attached hydrogens (tertiary/aromatic N) is 1. The number of H-pyrrole nitrogens is 1. The monoisotopic (exact) mass is 265 g/mol. The summed E-state index contributed by atoms with van der Waals surface area (Å²) in [6.45, 7) is 0.988. The molecule has 2 aromatic heterocycles. The summed E-state index contributed by atoms with van der Waals surface area (Å²) in [6.07, 6.45) is 2.89. The average Bonchev–Trinajstić information content (AvgIpc) is 2.92. The molecule has 20 heavy (non-hydrogen) atoms. The number of aromatic amines is 1. The van der Waals surface area contributed by atoms with Gasteiger partial charge in [0, 0.05) is 23.2 Å². The van der Waals surface area contributed by atoms with Gasteiger partial charge in [0.1, 0.15) is 5.65 Å². The molecule has 0 bridgehead atoms. The lowest BCUT2D eigenvalue weighted by molar-refractivity contribution is 0.652. The third-order valence-electron chi connectivity index (χ3n) is 3.67. The van der Waals surface area contributed by atoms with Gasteiger partial charge < -0.3 is 10.3 Å². The number of fused-ring (bicyclic) bond motifs is 1. The standard InChI is InChI=1S/C17H19N3/c1-18-11-9-15(13-6-3-2-4-7-13)16-12-14-8-5-10-19-17(14)20-16/h2-8,10,12,15,18H,9,11H2,1H3,(H,19,20). The molecule has 0 saturated carbocycles. The van der Waals surface area contributed by atoms with Crippen LogP contribution in [0, 0.1) is 0 Å². The first-order valence-electron chi connectivity index (χ1n) is 7.01. The summed E-state index contributed by atoms with van der Waals surface area (Å²) < 4.78 is 0. The van der Waals surface area contributed by atoms with E-state index in [0.29, 0.717) is 5.92 Å². The molecule has 3 rings (SSSR count). The van der Waals surface area contributed by atoms with Crippen LogP contribution in [0.3, 0.4) is 0 Å². The van der Waals surface area contributed by atoms with Gasteiger partial charge in [-0.3, -0.25) is 0 Å². The molecular formula is C17H19N3. The molecule has 102 valence electrons. The second kappa shape index (κ2) is 5.88. The smallest absolute Gasteiger partial charge is 0.137 e. The van der Waals surface area contributed by atoms with Gasteiger partial charge in [0.15, 0.2) is 0 Å². The van der Waals surface area contributed by atoms with E-state index in [1.54, 1.807) is 0 Å². The summed E-state index contributed by atoms with van der Waals surface area (Å²) >= 11 is 0. The largest absolute Gasteiger partial charge is 0.343 e. The van der Waals surface area contributed by atoms with E-state index in [1.165, 1.54) is 16.6 Å². The van der Waals surface area contributed by atoms with Crippen LogP contribution in [0.5, 0.6) is 0 Å². The highest BCUT2D eigenvalue weighted by atomic mass is 14.9. The molecule has 0 spiro atoms. The van der Waals surface area contributed by atoms with Crippen LogP contribution in [0.1, 0.15) is 23.6 Å². The molecule has 2 N–H and O–H groups in total. The lowest BCUT2D eigenvalue weighted by atomic mass is 9.92. The number of rotatable bonds is 5. The van der Waals surface area contributed by atoms with Crippen molar-refractivity contribution in [1.29, 1.82) is 0 Å². The SMILES string of the molecule is CNCCC(c1ccccc1)c1cc2cccnc2[nH]1. The fourth-order valence-electron chi connectivity index (χ4n) is 2.64. The molecule has 0 aliphatic carbocycles. The van der Waals surface area contributed by atoms with Gasteiger partial charge >= 0.3 is 0 Å². The summed E-state index contributed by atoms with van der Waals surface area (Å²) in [5.41, 5.74) is 3.54. The molecule has 0 fully saturated rings. The predicted octanol–water partition coefficient (Wildman–Crippen LogP) is 3.30. The fourth-order valence-corrected chi connectivity index (χ4v) is 2.64. The number of benzene rings is 1. The number of aromatic nitrogens is 2. The zero-order valence-electron chi connectivity index (χ0n) is 11.6. The van der Waals surface area contributed by atoms with Crippen molar-refractivity contribution < 1.29 is 0 Å². The Morgan fingerprint density at radius 2 is 2.00 bits per heavy atom. The molecule has 3 heteroatoms. The Balaban J connectivity index is 2.00. The molecule has 1 aromatic carbocycles. The molecule has 0 saturated heterocycles. The van der Waals surface area contributed by atoms with E-state index in [1.807, 2.05) is 19.3 Å². The van der Waals surface area contributed by atoms with Crippen molar-refractivity contribution in [3.63, 3.8) is 0 Å². The second-order valence-electron chi connectivity index (χ2n) is 5.02. The molecule has 0 amide bonds. The Hall–Kier alpha value is -2.13. The molecule has 2 heterocycles. The highest BCUT2D eigenvalue weighted by Crippen LogP contribution is 2.29. The van der Waals surface area contributed by atoms with Crippen LogP contribution in [0.2, 0.25) is 0 Å². The zero-order chi connectivity index (χ0) is 13.8. The average molecular weight is 265 g/mol. The van der Waals surface area contributed by atoms with Crippen molar-refractivity contribution in [1.82, 2.24) is 15.3 Å². The van der Waals surface area contributed by atoms with Crippen LogP contribution in [-0.2, 0) is 0 Å². The van der Waals surface area contributed by atoms with Crippen molar-refractivity contribution in [2.24, 2.45) is 0 Å². The highest BCUT2D eigenvalue weighted by Gasteiger charge is 2.16. The van der Waals surface area contributed by atoms with Crippen molar-refractivity contribution in [2.75, 3.05) is 13.6 Å². The van der Waals surface area contributed by atoms with Gasteiger partial charge in [-0.1, -0.05) is 30.3 Å². The normalized spacial score (nSPS) is 12.7. The van der Waals surface area contributed by atoms with E-state index in [0.717, 1.165) is 18.6 Å². The first kappa shape index (κ1) is 12.9. The molecule has 0 radical (unpaired) electrons. The van der Waals surface area contributed by atoms with Crippen LogP contribution < -0.4 is 5.32 Å². The van der Waals surface area contributed by atoms with E-state index in [-0.39, 0.29) is 0 Å². The molecule has 1 atom stereocenters. The van der Waals surface area contributed by atoms with Crippen LogP contribution in [0.25, 0.3) is 11.0 Å². The minimum atomic E-state index is 0.373. The van der Waals surface area contributed by atoms with Crippen molar-refractivity contribution in [2.45, 2.75) is 12.3 Å². The van der Waals surface area contributed by atoms with Crippen LogP contribution in [0.4, 0.5) is 0 Å². The van der Waals surface area contributed by atoms with Crippen LogP contribution in [-0.4, -0.2) is 23.6 Å². The molecule has 0 aliphatic heterocycles. The number of hydrogen-bond acceptors (Lipinski definition) is 2. The maximum atomic E-state index is 4.39. The van der Waals surface area contributed by atoms with Crippen molar-refractivity contribution in [3.05, 3.63) is 66.0 Å². The van der Waals surface area contributed by atoms with Crippen molar-refractivity contribution in [3.8, 4) is 0 Å². The Labute approximate surface area is 119 Å². The molecule has 3 aromatic rings. The van der Waals surface area contributed by atoms with Gasteiger partial charge in [-0.2, -0.15) is 0 Å². The maximum Gasteiger partial charge on any atom is 0.137 e. The van der Waals surface area contributed by atoms with Crippen molar-refractivity contribution >= 4 is 11.0 Å². The Morgan fingerprint density at radius 1 is 1.15 bits per heavy atom. The first-order chi connectivity index (χ1) is 9.88. The number of pyridine rings is 1. The highest BCUT2D eigenvalue weighted by molar-refractivity contribution is 5.76. The number of hydrogen-bond donors (Lipinski definition) is 2. The van der Waals surface area contributed by atoms with E-state index >= 15 is 0 Å². The first-order valence-corrected chi connectivity index (χ1v) is 7.01. The Morgan fingerprint density at radius 3 is 2.75 bits per heavy atom. The van der Waals surface area contributed by atoms with Gasteiger partial charge in [-0.25, -0.2) is 4.98 Å². The summed E-state index contributed by atoms with van der Waals surface area (Å²) in [5.74, 6) is 0.373. The lowest BCUT2D eigenvalue weighted by Crippen LogP contribution is -2.13. The Kier molecular flexibility index (Phi) is 3.79. The van der Waals surface area contributed by atoms with Gasteiger partial charge in [0.2, 0.25) is 0 Å². The quantitative estimate of drug-likeness (QED) is 0.743. The van der Waals surface area contributed by atoms with Crippen LogP contribution in [0.15, 0.2) is 54.7 Å². The summed E-state index contributed by atoms with van der Waals surface area (Å²) in [7, 11) is 1.99. The van der Waals surface area contributed by atoms with Gasteiger partial charge in [0.25, 0.3) is 0 Å². The van der Waals surface area contributed by atoms with E-state index in [9.17, 15) is 0 Å². The van der Waals surface area contributed by atoms with Crippen LogP contribution >= 0.6 is 0 Å². The van der Waals surface area contributed by atoms with Gasteiger partial charge in [0.05, 0.1) is 0 Å². The zero-order valence-corrected chi connectivity index (χ0v) is 11.6. The third-order valence-corrected chi connectivity index (χ3v) is 3.67. The molecular weight excluding hydrogens is 246 g/mol. The van der Waals surface area contributed by atoms with E-state index in [2.05, 4.69) is 57.7 Å². The predicted molar refractivity (Wildman–Crippen MR) is 82.9 cm³/mol. The summed E-state index contributed by atoms with van der Waals surface area (Å²) in [4.78, 5) is 7.85. The molecule has 1 unspecified atom stereocenters. The summed E-state index contributed by atoms with van der Waals surface area (Å²) in [5, 5.41) is 4.42.